The molecule has 3 rings (SSSR count). The number of para-hydroxylation sites is 2. The zero-order valence-electron chi connectivity index (χ0n) is 14.7. The molecule has 0 radical (unpaired) electrons. The van der Waals surface area contributed by atoms with E-state index in [1.807, 2.05) is 12.1 Å². The third-order valence-electron chi connectivity index (χ3n) is 3.86. The van der Waals surface area contributed by atoms with Crippen LogP contribution in [0, 0.1) is 0 Å². The topological polar surface area (TPSA) is 63.2 Å². The summed E-state index contributed by atoms with van der Waals surface area (Å²) in [7, 11) is 1.54. The molecule has 144 valence electrons. The highest BCUT2D eigenvalue weighted by atomic mass is 19.4. The van der Waals surface area contributed by atoms with Gasteiger partial charge in [-0.25, -0.2) is 4.98 Å². The molecule has 0 aliphatic heterocycles. The molecule has 0 saturated carbocycles. The minimum Gasteiger partial charge on any atom is -0.495 e. The number of benzene rings is 2. The third-order valence-corrected chi connectivity index (χ3v) is 3.86. The van der Waals surface area contributed by atoms with Gasteiger partial charge in [-0.05, 0) is 48.5 Å². The van der Waals surface area contributed by atoms with Gasteiger partial charge in [0.1, 0.15) is 11.6 Å². The molecule has 0 unspecified atom stereocenters. The maximum Gasteiger partial charge on any atom is 0.416 e. The summed E-state index contributed by atoms with van der Waals surface area (Å²) in [5, 5.41) is 5.63. The van der Waals surface area contributed by atoms with Crippen molar-refractivity contribution in [3.05, 3.63) is 78.0 Å². The van der Waals surface area contributed by atoms with Crippen LogP contribution >= 0.6 is 0 Å². The van der Waals surface area contributed by atoms with Gasteiger partial charge < -0.3 is 15.4 Å². The summed E-state index contributed by atoms with van der Waals surface area (Å²) in [5.41, 5.74) is 0.455. The van der Waals surface area contributed by atoms with Crippen molar-refractivity contribution in [2.75, 3.05) is 17.7 Å². The van der Waals surface area contributed by atoms with Gasteiger partial charge in [-0.15, -0.1) is 0 Å². The van der Waals surface area contributed by atoms with Crippen LogP contribution in [0.2, 0.25) is 0 Å². The quantitative estimate of drug-likeness (QED) is 0.639. The van der Waals surface area contributed by atoms with Crippen molar-refractivity contribution in [3.8, 4) is 5.75 Å². The fraction of sp³-hybridized carbons (Fsp3) is 0.100. The molecule has 0 aliphatic rings. The number of nitrogens with zero attached hydrogens (tertiary/aromatic N) is 1. The summed E-state index contributed by atoms with van der Waals surface area (Å²) in [6.07, 6.45) is -2.97. The molecular formula is C20H16F3N3O2. The van der Waals surface area contributed by atoms with E-state index in [9.17, 15) is 18.0 Å². The van der Waals surface area contributed by atoms with Crippen molar-refractivity contribution in [3.63, 3.8) is 0 Å². The van der Waals surface area contributed by atoms with Gasteiger partial charge in [0.25, 0.3) is 5.91 Å². The molecular weight excluding hydrogens is 371 g/mol. The Hall–Kier alpha value is -3.55. The highest BCUT2D eigenvalue weighted by Crippen LogP contribution is 2.30. The first-order valence-electron chi connectivity index (χ1n) is 8.21. The van der Waals surface area contributed by atoms with Crippen molar-refractivity contribution in [2.24, 2.45) is 0 Å². The van der Waals surface area contributed by atoms with Gasteiger partial charge in [0.05, 0.1) is 18.4 Å². The molecule has 2 N–H and O–H groups in total. The number of rotatable bonds is 5. The molecule has 5 nitrogen and oxygen atoms in total. The zero-order chi connectivity index (χ0) is 20.1. The number of nitrogens with one attached hydrogen (secondary N) is 2. The van der Waals surface area contributed by atoms with Crippen LogP contribution in [0.25, 0.3) is 0 Å². The molecule has 0 atom stereocenters. The van der Waals surface area contributed by atoms with Crippen LogP contribution in [-0.4, -0.2) is 18.0 Å². The number of amides is 1. The molecule has 28 heavy (non-hydrogen) atoms. The highest BCUT2D eigenvalue weighted by molar-refractivity contribution is 6.04. The molecule has 0 spiro atoms. The van der Waals surface area contributed by atoms with Crippen molar-refractivity contribution in [2.45, 2.75) is 6.18 Å². The second-order valence-electron chi connectivity index (χ2n) is 5.78. The predicted molar refractivity (Wildman–Crippen MR) is 99.9 cm³/mol. The largest absolute Gasteiger partial charge is 0.495 e. The minimum atomic E-state index is -4.42. The highest BCUT2D eigenvalue weighted by Gasteiger charge is 2.30. The van der Waals surface area contributed by atoms with E-state index < -0.39 is 17.6 Å². The number of aromatic nitrogens is 1. The average Bonchev–Trinajstić information content (AvgIpc) is 2.68. The van der Waals surface area contributed by atoms with E-state index in [1.165, 1.54) is 30.5 Å². The number of methoxy groups -OCH3 is 1. The number of ether oxygens (including phenoxy) is 1. The number of hydrogen-bond donors (Lipinski definition) is 2. The summed E-state index contributed by atoms with van der Waals surface area (Å²) < 4.78 is 43.1. The Morgan fingerprint density at radius 2 is 1.75 bits per heavy atom. The lowest BCUT2D eigenvalue weighted by atomic mass is 10.2. The zero-order valence-corrected chi connectivity index (χ0v) is 14.7. The van der Waals surface area contributed by atoms with Crippen LogP contribution in [0.5, 0.6) is 5.75 Å². The Labute approximate surface area is 159 Å². The van der Waals surface area contributed by atoms with E-state index in [2.05, 4.69) is 15.6 Å². The average molecular weight is 387 g/mol. The van der Waals surface area contributed by atoms with Crippen LogP contribution < -0.4 is 15.4 Å². The number of carbonyl (C=O) groups excluding carboxylic acids is 1. The number of pyridine rings is 1. The summed E-state index contributed by atoms with van der Waals surface area (Å²) in [4.78, 5) is 16.6. The Morgan fingerprint density at radius 3 is 2.43 bits per heavy atom. The lowest BCUT2D eigenvalue weighted by Gasteiger charge is -2.11. The van der Waals surface area contributed by atoms with Gasteiger partial charge in [-0.3, -0.25) is 4.79 Å². The molecule has 0 bridgehead atoms. The first-order chi connectivity index (χ1) is 13.4. The van der Waals surface area contributed by atoms with Crippen molar-refractivity contribution >= 4 is 23.1 Å². The second kappa shape index (κ2) is 7.99. The number of anilines is 3. The lowest BCUT2D eigenvalue weighted by molar-refractivity contribution is -0.137. The number of halogens is 3. The van der Waals surface area contributed by atoms with E-state index in [-0.39, 0.29) is 5.69 Å². The molecule has 8 heteroatoms. The smallest absolute Gasteiger partial charge is 0.416 e. The molecule has 0 saturated heterocycles. The Bertz CT molecular complexity index is 973. The molecule has 0 fully saturated rings. The van der Waals surface area contributed by atoms with E-state index in [1.54, 1.807) is 19.2 Å². The van der Waals surface area contributed by atoms with E-state index in [0.29, 0.717) is 22.8 Å². The van der Waals surface area contributed by atoms with Crippen LogP contribution in [0.3, 0.4) is 0 Å². The van der Waals surface area contributed by atoms with Crippen molar-refractivity contribution in [1.82, 2.24) is 4.98 Å². The van der Waals surface area contributed by atoms with Gasteiger partial charge in [-0.2, -0.15) is 13.2 Å². The third kappa shape index (κ3) is 4.59. The van der Waals surface area contributed by atoms with E-state index in [0.717, 1.165) is 12.1 Å². The first-order valence-corrected chi connectivity index (χ1v) is 8.21. The monoisotopic (exact) mass is 387 g/mol. The maximum absolute atomic E-state index is 12.6. The minimum absolute atomic E-state index is 0.258. The standard InChI is InChI=1S/C20H16F3N3O2/c1-28-17-5-3-2-4-16(17)26-18-12-13(10-11-24-18)19(27)25-15-8-6-14(7-9-15)20(21,22)23/h2-12H,1H3,(H,24,26)(H,25,27). The molecule has 1 heterocycles. The Morgan fingerprint density at radius 1 is 1.04 bits per heavy atom. The first kappa shape index (κ1) is 19.2. The van der Waals surface area contributed by atoms with E-state index >= 15 is 0 Å². The van der Waals surface area contributed by atoms with Crippen LogP contribution in [-0.2, 0) is 6.18 Å². The van der Waals surface area contributed by atoms with Crippen molar-refractivity contribution in [1.29, 1.82) is 0 Å². The Balaban J connectivity index is 1.73. The molecule has 3 aromatic rings. The fourth-order valence-electron chi connectivity index (χ4n) is 2.47. The predicted octanol–water partition coefficient (Wildman–Crippen LogP) is 5.10. The van der Waals surface area contributed by atoms with Crippen LogP contribution in [0.1, 0.15) is 15.9 Å². The summed E-state index contributed by atoms with van der Waals surface area (Å²) in [5.74, 6) is 0.568. The number of alkyl halides is 3. The van der Waals surface area contributed by atoms with Crippen LogP contribution in [0.4, 0.5) is 30.4 Å². The molecule has 1 aromatic heterocycles. The molecule has 2 aromatic carbocycles. The van der Waals surface area contributed by atoms with Gasteiger partial charge in [0.2, 0.25) is 0 Å². The second-order valence-corrected chi connectivity index (χ2v) is 5.78. The molecule has 1 amide bonds. The number of hydrogen-bond acceptors (Lipinski definition) is 4. The van der Waals surface area contributed by atoms with Gasteiger partial charge in [-0.1, -0.05) is 12.1 Å². The summed E-state index contributed by atoms with van der Waals surface area (Å²) in [6, 6.07) is 14.5. The van der Waals surface area contributed by atoms with E-state index in [4.69, 9.17) is 4.74 Å². The normalized spacial score (nSPS) is 11.0. The summed E-state index contributed by atoms with van der Waals surface area (Å²) >= 11 is 0. The fourth-order valence-corrected chi connectivity index (χ4v) is 2.47. The lowest BCUT2D eigenvalue weighted by Crippen LogP contribution is -2.13. The maximum atomic E-state index is 12.6. The van der Waals surface area contributed by atoms with Crippen LogP contribution in [0.15, 0.2) is 66.9 Å². The van der Waals surface area contributed by atoms with Gasteiger partial charge in [0.15, 0.2) is 0 Å². The molecule has 0 aliphatic carbocycles. The van der Waals surface area contributed by atoms with Crippen molar-refractivity contribution < 1.29 is 22.7 Å². The summed E-state index contributed by atoms with van der Waals surface area (Å²) in [6.45, 7) is 0. The number of carbonyl (C=O) groups is 1. The SMILES string of the molecule is COc1ccccc1Nc1cc(C(=O)Nc2ccc(C(F)(F)F)cc2)ccn1. The Kier molecular flexibility index (Phi) is 5.49. The van der Waals surface area contributed by atoms with Gasteiger partial charge >= 0.3 is 6.18 Å². The van der Waals surface area contributed by atoms with Gasteiger partial charge in [0, 0.05) is 17.4 Å².